The van der Waals surface area contributed by atoms with Crippen molar-refractivity contribution < 1.29 is 27.4 Å². The minimum atomic E-state index is -4.79. The summed E-state index contributed by atoms with van der Waals surface area (Å²) in [5.41, 5.74) is 0. The zero-order chi connectivity index (χ0) is 11.5. The fourth-order valence-electron chi connectivity index (χ4n) is 0.806. The van der Waals surface area contributed by atoms with Crippen LogP contribution in [0.25, 0.3) is 0 Å². The minimum Gasteiger partial charge on any atom is -0.416 e. The summed E-state index contributed by atoms with van der Waals surface area (Å²) in [6, 6.07) is 2.90. The van der Waals surface area contributed by atoms with Crippen LogP contribution in [0.5, 0.6) is 11.5 Å². The third-order valence-corrected chi connectivity index (χ3v) is 1.58. The first kappa shape index (κ1) is 11.6. The van der Waals surface area contributed by atoms with Crippen molar-refractivity contribution in [1.82, 2.24) is 0 Å². The molecule has 3 nitrogen and oxygen atoms in total. The molecule has 81 valence electrons. The predicted octanol–water partition coefficient (Wildman–Crippen LogP) is 2.68. The van der Waals surface area contributed by atoms with Crippen molar-refractivity contribution in [3.8, 4) is 11.5 Å². The maximum Gasteiger partial charge on any atom is 0.573 e. The molecule has 0 heterocycles. The lowest BCUT2D eigenvalue weighted by molar-refractivity contribution is -0.274. The topological polar surface area (TPSA) is 35.5 Å². The number of hydrogen-bond donors (Lipinski definition) is 0. The minimum absolute atomic E-state index is 0.0961. The maximum atomic E-state index is 11.8. The van der Waals surface area contributed by atoms with Crippen molar-refractivity contribution in [2.24, 2.45) is 0 Å². The van der Waals surface area contributed by atoms with E-state index >= 15 is 0 Å². The Morgan fingerprint density at radius 1 is 1.33 bits per heavy atom. The molecule has 0 aliphatic rings. The monoisotopic (exact) mass is 239 g/mol. The third-order valence-electron chi connectivity index (χ3n) is 1.29. The van der Waals surface area contributed by atoms with Crippen LogP contribution in [0.1, 0.15) is 0 Å². The van der Waals surface area contributed by atoms with Gasteiger partial charge in [-0.3, -0.25) is 0 Å². The first-order chi connectivity index (χ1) is 6.92. The molecule has 1 aromatic rings. The molecule has 0 bridgehead atoms. The average molecular weight is 240 g/mol. The van der Waals surface area contributed by atoms with Gasteiger partial charge in [-0.15, -0.1) is 13.2 Å². The van der Waals surface area contributed by atoms with Crippen LogP contribution in [0.15, 0.2) is 18.2 Å². The lowest BCUT2D eigenvalue weighted by Gasteiger charge is -2.09. The largest absolute Gasteiger partial charge is 0.573 e. The van der Waals surface area contributed by atoms with Gasteiger partial charge in [0.25, 0.3) is 0 Å². The Morgan fingerprint density at radius 3 is 2.47 bits per heavy atom. The first-order valence-electron chi connectivity index (χ1n) is 3.51. The molecule has 0 aromatic heterocycles. The Labute approximate surface area is 87.3 Å². The zero-order valence-corrected chi connectivity index (χ0v) is 7.72. The summed E-state index contributed by atoms with van der Waals surface area (Å²) in [7, 11) is 0. The molecule has 0 saturated heterocycles. The van der Waals surface area contributed by atoms with E-state index in [0.29, 0.717) is 0 Å². The predicted molar refractivity (Wildman–Crippen MR) is 44.5 cm³/mol. The number of alkyl halides is 3. The molecule has 0 aliphatic heterocycles. The van der Waals surface area contributed by atoms with Crippen LogP contribution in [-0.4, -0.2) is 12.8 Å². The van der Waals surface area contributed by atoms with Crippen molar-refractivity contribution in [3.63, 3.8) is 0 Å². The van der Waals surface area contributed by atoms with Gasteiger partial charge in [-0.1, -0.05) is 11.6 Å². The number of hydrogen-bond acceptors (Lipinski definition) is 3. The standard InChI is InChI=1S/C8H3ClF3O3/c9-6-3-5(15-8(10,11)12)1-2-7(6)14-4-13/h1-3H. The third kappa shape index (κ3) is 3.67. The lowest BCUT2D eigenvalue weighted by atomic mass is 10.3. The molecular weight excluding hydrogens is 237 g/mol. The molecule has 0 saturated carbocycles. The molecule has 0 N–H and O–H groups in total. The highest BCUT2D eigenvalue weighted by Crippen LogP contribution is 2.31. The Bertz CT molecular complexity index is 365. The Hall–Kier alpha value is -1.43. The molecule has 15 heavy (non-hydrogen) atoms. The van der Waals surface area contributed by atoms with Crippen molar-refractivity contribution >= 4 is 18.1 Å². The van der Waals surface area contributed by atoms with E-state index in [-0.39, 0.29) is 10.8 Å². The van der Waals surface area contributed by atoms with E-state index in [0.717, 1.165) is 24.7 Å². The van der Waals surface area contributed by atoms with Gasteiger partial charge in [0.05, 0.1) is 5.02 Å². The van der Waals surface area contributed by atoms with Crippen molar-refractivity contribution in [3.05, 3.63) is 23.2 Å². The number of benzene rings is 1. The number of carbonyl (C=O) groups excluding carboxylic acids is 1. The van der Waals surface area contributed by atoms with Crippen LogP contribution >= 0.6 is 11.6 Å². The van der Waals surface area contributed by atoms with Gasteiger partial charge in [0.1, 0.15) is 11.5 Å². The summed E-state index contributed by atoms with van der Waals surface area (Å²) in [6.45, 7) is 1.10. The fraction of sp³-hybridized carbons (Fsp3) is 0.125. The summed E-state index contributed by atoms with van der Waals surface area (Å²) < 4.78 is 43.1. The second-order valence-corrected chi connectivity index (χ2v) is 2.73. The zero-order valence-electron chi connectivity index (χ0n) is 6.97. The molecule has 1 aromatic carbocycles. The number of halogens is 4. The van der Waals surface area contributed by atoms with Crippen molar-refractivity contribution in [1.29, 1.82) is 0 Å². The average Bonchev–Trinajstić information content (AvgIpc) is 2.07. The fourth-order valence-corrected chi connectivity index (χ4v) is 1.02. The van der Waals surface area contributed by atoms with E-state index in [1.807, 2.05) is 0 Å². The molecule has 1 rings (SSSR count). The van der Waals surface area contributed by atoms with E-state index in [1.54, 1.807) is 0 Å². The van der Waals surface area contributed by atoms with Crippen molar-refractivity contribution in [2.45, 2.75) is 6.36 Å². The number of ether oxygens (including phenoxy) is 2. The molecule has 0 unspecified atom stereocenters. The van der Waals surface area contributed by atoms with E-state index in [2.05, 4.69) is 9.47 Å². The highest BCUT2D eigenvalue weighted by molar-refractivity contribution is 6.32. The SMILES string of the molecule is O=[C]Oc1ccc(OC(F)(F)F)cc1Cl. The van der Waals surface area contributed by atoms with Gasteiger partial charge in [0.2, 0.25) is 0 Å². The van der Waals surface area contributed by atoms with Crippen molar-refractivity contribution in [2.75, 3.05) is 0 Å². The summed E-state index contributed by atoms with van der Waals surface area (Å²) in [4.78, 5) is 9.82. The van der Waals surface area contributed by atoms with Gasteiger partial charge in [-0.25, -0.2) is 4.79 Å². The quantitative estimate of drug-likeness (QED) is 0.814. The highest BCUT2D eigenvalue weighted by Gasteiger charge is 2.31. The molecule has 7 heteroatoms. The molecule has 0 spiro atoms. The molecule has 0 atom stereocenters. The van der Waals surface area contributed by atoms with Gasteiger partial charge in [-0.05, 0) is 12.1 Å². The van der Waals surface area contributed by atoms with Gasteiger partial charge in [0.15, 0.2) is 0 Å². The van der Waals surface area contributed by atoms with Crippen LogP contribution in [-0.2, 0) is 4.79 Å². The highest BCUT2D eigenvalue weighted by atomic mass is 35.5. The van der Waals surface area contributed by atoms with Crippen LogP contribution in [0, 0.1) is 0 Å². The Balaban J connectivity index is 2.86. The van der Waals surface area contributed by atoms with Gasteiger partial charge in [-0.2, -0.15) is 0 Å². The normalized spacial score (nSPS) is 10.9. The Morgan fingerprint density at radius 2 is 2.00 bits per heavy atom. The smallest absolute Gasteiger partial charge is 0.416 e. The lowest BCUT2D eigenvalue weighted by Crippen LogP contribution is -2.17. The van der Waals surface area contributed by atoms with E-state index in [4.69, 9.17) is 11.6 Å². The second kappa shape index (κ2) is 4.39. The first-order valence-corrected chi connectivity index (χ1v) is 3.89. The molecule has 0 fully saturated rings. The van der Waals surface area contributed by atoms with Gasteiger partial charge >= 0.3 is 12.8 Å². The molecule has 0 aliphatic carbocycles. The van der Waals surface area contributed by atoms with Gasteiger partial charge in [0, 0.05) is 6.07 Å². The maximum absolute atomic E-state index is 11.8. The summed E-state index contributed by atoms with van der Waals surface area (Å²) >= 11 is 5.49. The summed E-state index contributed by atoms with van der Waals surface area (Å²) in [5, 5.41) is -0.180. The van der Waals surface area contributed by atoms with Crippen LogP contribution < -0.4 is 9.47 Å². The Kier molecular flexibility index (Phi) is 3.41. The van der Waals surface area contributed by atoms with E-state index in [1.165, 1.54) is 0 Å². The summed E-state index contributed by atoms with van der Waals surface area (Å²) in [5.74, 6) is -0.591. The van der Waals surface area contributed by atoms with Crippen LogP contribution in [0.3, 0.4) is 0 Å². The molecule has 1 radical (unpaired) electrons. The number of rotatable bonds is 3. The summed E-state index contributed by atoms with van der Waals surface area (Å²) in [6.07, 6.45) is -4.79. The van der Waals surface area contributed by atoms with Gasteiger partial charge < -0.3 is 9.47 Å². The van der Waals surface area contributed by atoms with E-state index in [9.17, 15) is 18.0 Å². The van der Waals surface area contributed by atoms with Crippen LogP contribution in [0.2, 0.25) is 5.02 Å². The molecule has 0 amide bonds. The molecular formula is C8H3ClF3O3. The van der Waals surface area contributed by atoms with Crippen LogP contribution in [0.4, 0.5) is 13.2 Å². The van der Waals surface area contributed by atoms with E-state index < -0.39 is 12.1 Å². The second-order valence-electron chi connectivity index (χ2n) is 2.33.